The molecule has 0 aliphatic rings. The lowest BCUT2D eigenvalue weighted by atomic mass is 9.98. The van der Waals surface area contributed by atoms with Crippen molar-refractivity contribution in [3.8, 4) is 22.5 Å². The number of hydrogen-bond acceptors (Lipinski definition) is 2. The van der Waals surface area contributed by atoms with Crippen LogP contribution in [-0.2, 0) is 7.05 Å². The van der Waals surface area contributed by atoms with Gasteiger partial charge in [-0.15, -0.1) is 0 Å². The summed E-state index contributed by atoms with van der Waals surface area (Å²) in [5.74, 6) is 0.763. The van der Waals surface area contributed by atoms with E-state index in [0.29, 0.717) is 0 Å². The third-order valence-corrected chi connectivity index (χ3v) is 3.13. The number of aromatic nitrogens is 3. The van der Waals surface area contributed by atoms with Crippen LogP contribution in [0.2, 0.25) is 0 Å². The Morgan fingerprint density at radius 1 is 0.895 bits per heavy atom. The highest BCUT2D eigenvalue weighted by atomic mass is 15.3. The lowest BCUT2D eigenvalue weighted by Gasteiger charge is -2.07. The fraction of sp³-hybridized carbons (Fsp3) is 0.125. The first-order valence-electron chi connectivity index (χ1n) is 6.26. The molecule has 3 heteroatoms. The van der Waals surface area contributed by atoms with Gasteiger partial charge in [0.1, 0.15) is 6.33 Å². The molecule has 0 fully saturated rings. The summed E-state index contributed by atoms with van der Waals surface area (Å²) in [7, 11) is 1.88. The summed E-state index contributed by atoms with van der Waals surface area (Å²) in [5, 5.41) is 4.39. The van der Waals surface area contributed by atoms with E-state index in [2.05, 4.69) is 53.4 Å². The molecule has 2 aromatic carbocycles. The smallest absolute Gasteiger partial charge is 0.181 e. The van der Waals surface area contributed by atoms with Crippen molar-refractivity contribution in [2.45, 2.75) is 6.92 Å². The second-order valence-electron chi connectivity index (χ2n) is 4.65. The van der Waals surface area contributed by atoms with Gasteiger partial charge in [-0.1, -0.05) is 54.1 Å². The highest BCUT2D eigenvalue weighted by Gasteiger charge is 2.09. The van der Waals surface area contributed by atoms with Crippen LogP contribution in [0.4, 0.5) is 0 Å². The topological polar surface area (TPSA) is 30.7 Å². The third-order valence-electron chi connectivity index (χ3n) is 3.13. The summed E-state index contributed by atoms with van der Waals surface area (Å²) in [6.45, 7) is 2.09. The van der Waals surface area contributed by atoms with Crippen LogP contribution in [0.15, 0.2) is 54.9 Å². The van der Waals surface area contributed by atoms with Gasteiger partial charge >= 0.3 is 0 Å². The van der Waals surface area contributed by atoms with Gasteiger partial charge in [-0.2, -0.15) is 5.10 Å². The number of rotatable bonds is 2. The molecule has 3 aromatic rings. The van der Waals surface area contributed by atoms with Crippen LogP contribution < -0.4 is 0 Å². The molecule has 0 atom stereocenters. The fourth-order valence-electron chi connectivity index (χ4n) is 2.13. The summed E-state index contributed by atoms with van der Waals surface area (Å²) < 4.78 is 1.72. The Hall–Kier alpha value is -2.42. The van der Waals surface area contributed by atoms with Gasteiger partial charge in [0.15, 0.2) is 5.82 Å². The van der Waals surface area contributed by atoms with E-state index in [-0.39, 0.29) is 0 Å². The Morgan fingerprint density at radius 3 is 2.21 bits per heavy atom. The molecule has 0 aliphatic carbocycles. The fourth-order valence-corrected chi connectivity index (χ4v) is 2.13. The van der Waals surface area contributed by atoms with Crippen LogP contribution in [-0.4, -0.2) is 14.8 Å². The van der Waals surface area contributed by atoms with Gasteiger partial charge in [0.25, 0.3) is 0 Å². The zero-order valence-electron chi connectivity index (χ0n) is 11.0. The molecule has 1 heterocycles. The molecule has 0 aliphatic heterocycles. The Labute approximate surface area is 112 Å². The molecule has 1 aromatic heterocycles. The molecule has 3 nitrogen and oxygen atoms in total. The molecule has 0 unspecified atom stereocenters. The van der Waals surface area contributed by atoms with Gasteiger partial charge < -0.3 is 0 Å². The molecule has 94 valence electrons. The van der Waals surface area contributed by atoms with Crippen LogP contribution in [0, 0.1) is 6.92 Å². The second kappa shape index (κ2) is 4.69. The Kier molecular flexibility index (Phi) is 2.88. The first kappa shape index (κ1) is 11.7. The van der Waals surface area contributed by atoms with Gasteiger partial charge in [0.2, 0.25) is 0 Å². The average molecular weight is 249 g/mol. The SMILES string of the molecule is Cc1ccc(-c2ccccc2-c2ncn(C)n2)cc1. The molecule has 0 N–H and O–H groups in total. The predicted molar refractivity (Wildman–Crippen MR) is 76.6 cm³/mol. The van der Waals surface area contributed by atoms with E-state index in [0.717, 1.165) is 17.0 Å². The molecule has 0 radical (unpaired) electrons. The maximum Gasteiger partial charge on any atom is 0.181 e. The summed E-state index contributed by atoms with van der Waals surface area (Å²) in [6, 6.07) is 16.7. The lowest BCUT2D eigenvalue weighted by Crippen LogP contribution is -1.90. The Bertz CT molecular complexity index is 696. The predicted octanol–water partition coefficient (Wildman–Crippen LogP) is 3.46. The third kappa shape index (κ3) is 2.27. The van der Waals surface area contributed by atoms with E-state index < -0.39 is 0 Å². The highest BCUT2D eigenvalue weighted by molar-refractivity contribution is 5.80. The van der Waals surface area contributed by atoms with Crippen molar-refractivity contribution in [2.75, 3.05) is 0 Å². The van der Waals surface area contributed by atoms with Crippen LogP contribution in [0.25, 0.3) is 22.5 Å². The van der Waals surface area contributed by atoms with Crippen molar-refractivity contribution in [3.05, 3.63) is 60.4 Å². The minimum absolute atomic E-state index is 0.763. The molecule has 0 saturated carbocycles. The molecule has 19 heavy (non-hydrogen) atoms. The maximum absolute atomic E-state index is 4.39. The molecular weight excluding hydrogens is 234 g/mol. The van der Waals surface area contributed by atoms with E-state index in [1.807, 2.05) is 19.2 Å². The summed E-state index contributed by atoms with van der Waals surface area (Å²) in [5.41, 5.74) is 4.67. The molecule has 0 spiro atoms. The van der Waals surface area contributed by atoms with E-state index in [1.54, 1.807) is 11.0 Å². The van der Waals surface area contributed by atoms with Crippen LogP contribution in [0.3, 0.4) is 0 Å². The van der Waals surface area contributed by atoms with E-state index in [9.17, 15) is 0 Å². The van der Waals surface area contributed by atoms with Gasteiger partial charge in [0.05, 0.1) is 0 Å². The van der Waals surface area contributed by atoms with E-state index in [4.69, 9.17) is 0 Å². The normalized spacial score (nSPS) is 10.6. The number of aryl methyl sites for hydroxylation is 2. The van der Waals surface area contributed by atoms with Gasteiger partial charge in [-0.3, -0.25) is 4.68 Å². The lowest BCUT2D eigenvalue weighted by molar-refractivity contribution is 0.768. The summed E-state index contributed by atoms with van der Waals surface area (Å²) >= 11 is 0. The van der Waals surface area contributed by atoms with Crippen LogP contribution in [0.5, 0.6) is 0 Å². The minimum Gasteiger partial charge on any atom is -0.255 e. The standard InChI is InChI=1S/C16H15N3/c1-12-7-9-13(10-8-12)14-5-3-4-6-15(14)16-17-11-19(2)18-16/h3-11H,1-2H3. The molecular formula is C16H15N3. The van der Waals surface area contributed by atoms with Crippen molar-refractivity contribution in [3.63, 3.8) is 0 Å². The summed E-state index contributed by atoms with van der Waals surface area (Å²) in [6.07, 6.45) is 1.72. The van der Waals surface area contributed by atoms with Crippen LogP contribution >= 0.6 is 0 Å². The van der Waals surface area contributed by atoms with Crippen molar-refractivity contribution in [1.82, 2.24) is 14.8 Å². The zero-order chi connectivity index (χ0) is 13.2. The quantitative estimate of drug-likeness (QED) is 0.696. The Morgan fingerprint density at radius 2 is 1.58 bits per heavy atom. The molecule has 3 rings (SSSR count). The number of benzene rings is 2. The zero-order valence-corrected chi connectivity index (χ0v) is 11.0. The molecule has 0 saturated heterocycles. The monoisotopic (exact) mass is 249 g/mol. The first-order chi connectivity index (χ1) is 9.24. The molecule has 0 bridgehead atoms. The first-order valence-corrected chi connectivity index (χ1v) is 6.26. The van der Waals surface area contributed by atoms with Crippen molar-refractivity contribution < 1.29 is 0 Å². The van der Waals surface area contributed by atoms with Crippen molar-refractivity contribution >= 4 is 0 Å². The maximum atomic E-state index is 4.39. The van der Waals surface area contributed by atoms with E-state index in [1.165, 1.54) is 11.1 Å². The number of nitrogens with zero attached hydrogens (tertiary/aromatic N) is 3. The second-order valence-corrected chi connectivity index (χ2v) is 4.65. The van der Waals surface area contributed by atoms with Gasteiger partial charge in [-0.25, -0.2) is 4.98 Å². The highest BCUT2D eigenvalue weighted by Crippen LogP contribution is 2.29. The largest absolute Gasteiger partial charge is 0.255 e. The van der Waals surface area contributed by atoms with Crippen LogP contribution in [0.1, 0.15) is 5.56 Å². The van der Waals surface area contributed by atoms with Crippen molar-refractivity contribution in [1.29, 1.82) is 0 Å². The van der Waals surface area contributed by atoms with E-state index >= 15 is 0 Å². The number of hydrogen-bond donors (Lipinski definition) is 0. The van der Waals surface area contributed by atoms with Crippen molar-refractivity contribution in [2.24, 2.45) is 7.05 Å². The van der Waals surface area contributed by atoms with Gasteiger partial charge in [0, 0.05) is 12.6 Å². The Balaban J connectivity index is 2.14. The summed E-state index contributed by atoms with van der Waals surface area (Å²) in [4.78, 5) is 4.34. The molecule has 0 amide bonds. The minimum atomic E-state index is 0.763. The van der Waals surface area contributed by atoms with Gasteiger partial charge in [-0.05, 0) is 18.1 Å². The average Bonchev–Trinajstić information content (AvgIpc) is 2.86.